The molecule has 0 bridgehead atoms. The lowest BCUT2D eigenvalue weighted by atomic mass is 10.0. The molecule has 3 amide bonds. The van der Waals surface area contributed by atoms with Crippen LogP contribution in [0.4, 0.5) is 0 Å². The molecule has 1 aliphatic heterocycles. The van der Waals surface area contributed by atoms with Crippen LogP contribution in [0.3, 0.4) is 0 Å². The van der Waals surface area contributed by atoms with Crippen molar-refractivity contribution in [2.75, 3.05) is 6.54 Å². The second-order valence-corrected chi connectivity index (χ2v) is 8.32. The molecule has 0 saturated carbocycles. The summed E-state index contributed by atoms with van der Waals surface area (Å²) in [5.74, 6) is -0.803. The third-order valence-electron chi connectivity index (χ3n) is 5.96. The molecule has 0 saturated heterocycles. The van der Waals surface area contributed by atoms with Crippen molar-refractivity contribution < 1.29 is 14.4 Å². The molecule has 0 spiro atoms. The average Bonchev–Trinajstić information content (AvgIpc) is 3.07. The molecule has 0 atom stereocenters. The zero-order chi connectivity index (χ0) is 23.4. The van der Waals surface area contributed by atoms with Gasteiger partial charge < -0.3 is 4.90 Å². The van der Waals surface area contributed by atoms with Gasteiger partial charge >= 0.3 is 0 Å². The molecule has 1 aromatic heterocycles. The molecule has 168 valence electrons. The topological polar surface area (TPSA) is 70.6 Å². The van der Waals surface area contributed by atoms with Crippen LogP contribution in [0.15, 0.2) is 67.0 Å². The van der Waals surface area contributed by atoms with Crippen LogP contribution < -0.4 is 0 Å². The fourth-order valence-corrected chi connectivity index (χ4v) is 4.03. The van der Waals surface area contributed by atoms with Crippen molar-refractivity contribution in [3.8, 4) is 0 Å². The van der Waals surface area contributed by atoms with E-state index in [1.807, 2.05) is 50.2 Å². The van der Waals surface area contributed by atoms with E-state index in [-0.39, 0.29) is 17.7 Å². The number of pyridine rings is 1. The predicted octanol–water partition coefficient (Wildman–Crippen LogP) is 4.63. The summed E-state index contributed by atoms with van der Waals surface area (Å²) in [7, 11) is 0. The highest BCUT2D eigenvalue weighted by Crippen LogP contribution is 2.26. The molecule has 6 nitrogen and oxygen atoms in total. The highest BCUT2D eigenvalue weighted by Gasteiger charge is 2.35. The van der Waals surface area contributed by atoms with Crippen molar-refractivity contribution in [3.63, 3.8) is 0 Å². The molecule has 1 aliphatic rings. The summed E-state index contributed by atoms with van der Waals surface area (Å²) in [4.78, 5) is 46.3. The molecule has 33 heavy (non-hydrogen) atoms. The van der Waals surface area contributed by atoms with E-state index >= 15 is 0 Å². The van der Waals surface area contributed by atoms with Gasteiger partial charge in [-0.15, -0.1) is 0 Å². The average molecular weight is 442 g/mol. The van der Waals surface area contributed by atoms with Crippen molar-refractivity contribution in [1.82, 2.24) is 14.8 Å². The Kier molecular flexibility index (Phi) is 6.63. The number of nitrogens with zero attached hydrogens (tertiary/aromatic N) is 3. The van der Waals surface area contributed by atoms with Gasteiger partial charge in [-0.05, 0) is 54.3 Å². The fraction of sp³-hybridized carbons (Fsp3) is 0.259. The maximum Gasteiger partial charge on any atom is 0.261 e. The second-order valence-electron chi connectivity index (χ2n) is 8.32. The van der Waals surface area contributed by atoms with Gasteiger partial charge in [0.2, 0.25) is 0 Å². The van der Waals surface area contributed by atoms with E-state index in [1.54, 1.807) is 35.5 Å². The van der Waals surface area contributed by atoms with Gasteiger partial charge in [0.05, 0.1) is 11.1 Å². The summed E-state index contributed by atoms with van der Waals surface area (Å²) in [5, 5.41) is 0. The third kappa shape index (κ3) is 4.70. The Morgan fingerprint density at radius 1 is 0.970 bits per heavy atom. The molecule has 0 radical (unpaired) electrons. The van der Waals surface area contributed by atoms with Crippen molar-refractivity contribution >= 4 is 17.7 Å². The number of rotatable bonds is 8. The van der Waals surface area contributed by atoms with Crippen molar-refractivity contribution in [2.24, 2.45) is 0 Å². The van der Waals surface area contributed by atoms with Gasteiger partial charge in [-0.3, -0.25) is 24.3 Å². The number of amides is 3. The fourth-order valence-electron chi connectivity index (χ4n) is 4.03. The van der Waals surface area contributed by atoms with E-state index in [0.29, 0.717) is 36.3 Å². The number of aromatic nitrogens is 1. The Labute approximate surface area is 193 Å². The van der Waals surface area contributed by atoms with Gasteiger partial charge in [-0.2, -0.15) is 0 Å². The number of aryl methyl sites for hydroxylation is 1. The van der Waals surface area contributed by atoms with Crippen molar-refractivity contribution in [1.29, 1.82) is 0 Å². The molecular weight excluding hydrogens is 414 g/mol. The first kappa shape index (κ1) is 22.4. The molecule has 4 rings (SSSR count). The zero-order valence-corrected chi connectivity index (χ0v) is 19.0. The molecular formula is C27H27N3O3. The van der Waals surface area contributed by atoms with Crippen LogP contribution in [0, 0.1) is 6.92 Å². The van der Waals surface area contributed by atoms with Crippen LogP contribution in [0.2, 0.25) is 0 Å². The minimum atomic E-state index is -0.323. The largest absolute Gasteiger partial charge is 0.330 e. The Balaban J connectivity index is 1.64. The summed E-state index contributed by atoms with van der Waals surface area (Å²) in [6.07, 6.45) is 5.09. The highest BCUT2D eigenvalue weighted by atomic mass is 16.2. The van der Waals surface area contributed by atoms with Crippen LogP contribution in [0.5, 0.6) is 0 Å². The molecule has 2 aromatic carbocycles. The Hall–Kier alpha value is -3.80. The van der Waals surface area contributed by atoms with Crippen molar-refractivity contribution in [2.45, 2.75) is 39.8 Å². The SMILES string of the molecule is CCCCN1C(=O)c2ccc(C(=O)N(Cc3cccnc3)Cc3ccccc3C)cc2C1=O. The second kappa shape index (κ2) is 9.77. The standard InChI is InChI=1S/C27H27N3O3/c1-3-4-14-30-26(32)23-12-11-21(15-24(23)27(30)33)25(31)29(17-20-9-7-13-28-16-20)18-22-10-6-5-8-19(22)2/h5-13,15-16H,3-4,14,17-18H2,1-2H3. The lowest BCUT2D eigenvalue weighted by Crippen LogP contribution is -2.31. The van der Waals surface area contributed by atoms with Gasteiger partial charge in [0, 0.05) is 37.6 Å². The van der Waals surface area contributed by atoms with E-state index in [1.165, 1.54) is 4.90 Å². The van der Waals surface area contributed by atoms with Crippen LogP contribution in [-0.4, -0.2) is 39.1 Å². The molecule has 0 unspecified atom stereocenters. The number of hydrogen-bond donors (Lipinski definition) is 0. The maximum atomic E-state index is 13.6. The number of imide groups is 1. The summed E-state index contributed by atoms with van der Waals surface area (Å²) in [5.41, 5.74) is 4.13. The van der Waals surface area contributed by atoms with E-state index in [0.717, 1.165) is 29.5 Å². The van der Waals surface area contributed by atoms with Gasteiger partial charge in [0.1, 0.15) is 0 Å². The molecule has 0 aliphatic carbocycles. The van der Waals surface area contributed by atoms with E-state index < -0.39 is 0 Å². The third-order valence-corrected chi connectivity index (χ3v) is 5.96. The van der Waals surface area contributed by atoms with Gasteiger partial charge in [0.25, 0.3) is 17.7 Å². The van der Waals surface area contributed by atoms with E-state index in [9.17, 15) is 14.4 Å². The number of unbranched alkanes of at least 4 members (excludes halogenated alkanes) is 1. The first-order chi connectivity index (χ1) is 16.0. The van der Waals surface area contributed by atoms with E-state index in [2.05, 4.69) is 4.98 Å². The van der Waals surface area contributed by atoms with Gasteiger partial charge in [-0.1, -0.05) is 43.7 Å². The molecule has 0 fully saturated rings. The number of carbonyl (C=O) groups excluding carboxylic acids is 3. The van der Waals surface area contributed by atoms with Crippen LogP contribution in [-0.2, 0) is 13.1 Å². The quantitative estimate of drug-likeness (QED) is 0.478. The van der Waals surface area contributed by atoms with E-state index in [4.69, 9.17) is 0 Å². The number of benzene rings is 2. The van der Waals surface area contributed by atoms with Crippen LogP contribution in [0.25, 0.3) is 0 Å². The molecule has 2 heterocycles. The number of hydrogen-bond acceptors (Lipinski definition) is 4. The summed E-state index contributed by atoms with van der Waals surface area (Å²) < 4.78 is 0. The minimum Gasteiger partial charge on any atom is -0.330 e. The summed E-state index contributed by atoms with van der Waals surface area (Å²) in [6.45, 7) is 5.24. The molecule has 3 aromatic rings. The van der Waals surface area contributed by atoms with Crippen LogP contribution in [0.1, 0.15) is 67.5 Å². The molecule has 6 heteroatoms. The zero-order valence-electron chi connectivity index (χ0n) is 19.0. The monoisotopic (exact) mass is 441 g/mol. The Morgan fingerprint density at radius 3 is 2.48 bits per heavy atom. The van der Waals surface area contributed by atoms with Gasteiger partial charge in [-0.25, -0.2) is 0 Å². The number of carbonyl (C=O) groups is 3. The first-order valence-corrected chi connectivity index (χ1v) is 11.2. The lowest BCUT2D eigenvalue weighted by molar-refractivity contribution is 0.0651. The number of fused-ring (bicyclic) bond motifs is 1. The smallest absolute Gasteiger partial charge is 0.261 e. The Bertz CT molecular complexity index is 1190. The minimum absolute atomic E-state index is 0.197. The Morgan fingerprint density at radius 2 is 1.76 bits per heavy atom. The predicted molar refractivity (Wildman–Crippen MR) is 126 cm³/mol. The van der Waals surface area contributed by atoms with Crippen LogP contribution >= 0.6 is 0 Å². The highest BCUT2D eigenvalue weighted by molar-refractivity contribution is 6.22. The lowest BCUT2D eigenvalue weighted by Gasteiger charge is -2.24. The first-order valence-electron chi connectivity index (χ1n) is 11.2. The summed E-state index contributed by atoms with van der Waals surface area (Å²) >= 11 is 0. The van der Waals surface area contributed by atoms with Gasteiger partial charge in [0.15, 0.2) is 0 Å². The maximum absolute atomic E-state index is 13.6. The van der Waals surface area contributed by atoms with Crippen molar-refractivity contribution in [3.05, 3.63) is 100 Å². The normalized spacial score (nSPS) is 12.7. The summed E-state index contributed by atoms with van der Waals surface area (Å²) in [6, 6.07) is 16.5. The molecule has 0 N–H and O–H groups in total.